The topological polar surface area (TPSA) is 0 Å². The van der Waals surface area contributed by atoms with Crippen LogP contribution in [0.3, 0.4) is 0 Å². The van der Waals surface area contributed by atoms with Crippen LogP contribution < -0.4 is 0 Å². The molecule has 0 aliphatic heterocycles. The van der Waals surface area contributed by atoms with Gasteiger partial charge in [-0.05, 0) is 28.9 Å². The number of hydrogen-bond acceptors (Lipinski definition) is 0. The molecule has 0 aliphatic rings. The molecule has 0 aliphatic carbocycles. The van der Waals surface area contributed by atoms with Gasteiger partial charge in [0.05, 0.1) is 0 Å². The predicted octanol–water partition coefficient (Wildman–Crippen LogP) is 7.94. The van der Waals surface area contributed by atoms with Gasteiger partial charge in [-0.15, -0.1) is 48.4 Å². The Morgan fingerprint density at radius 3 is 1.64 bits per heavy atom. The third kappa shape index (κ3) is 6.38. The molecule has 165 valence electrons. The number of fused-ring (bicyclic) bond motifs is 2. The first-order chi connectivity index (χ1) is 15.5. The third-order valence-corrected chi connectivity index (χ3v) is 5.35. The summed E-state index contributed by atoms with van der Waals surface area (Å²) in [5.74, 6) is 6.46. The second-order valence-corrected chi connectivity index (χ2v) is 8.01. The predicted molar refractivity (Wildman–Crippen MR) is 141 cm³/mol. The first kappa shape index (κ1) is 27.8. The van der Waals surface area contributed by atoms with Crippen LogP contribution in [0.2, 0.25) is 0 Å². The fourth-order valence-electron chi connectivity index (χ4n) is 3.87. The van der Waals surface area contributed by atoms with Crippen LogP contribution in [0, 0.1) is 43.6 Å². The molecule has 0 heterocycles. The smallest absolute Gasteiger partial charge is 0.0323 e. The number of hydrogen-bond donors (Lipinski definition) is 0. The number of benzene rings is 4. The van der Waals surface area contributed by atoms with Gasteiger partial charge in [0.25, 0.3) is 0 Å². The average Bonchev–Trinajstić information content (AvgIpc) is 2.83. The van der Waals surface area contributed by atoms with Gasteiger partial charge in [0.1, 0.15) is 0 Å². The van der Waals surface area contributed by atoms with Gasteiger partial charge in [0.2, 0.25) is 0 Å². The number of terminal acetylenes is 3. The van der Waals surface area contributed by atoms with Gasteiger partial charge < -0.3 is 0 Å². The fourth-order valence-corrected chi connectivity index (χ4v) is 3.87. The largest absolute Gasteiger partial charge is 0.194 e. The molecule has 0 aromatic heterocycles. The van der Waals surface area contributed by atoms with Crippen LogP contribution in [-0.4, -0.2) is 0 Å². The van der Waals surface area contributed by atoms with E-state index in [2.05, 4.69) is 107 Å². The van der Waals surface area contributed by atoms with Crippen LogP contribution in [0.15, 0.2) is 66.7 Å². The van der Waals surface area contributed by atoms with Crippen molar-refractivity contribution in [3.8, 4) is 37.5 Å². The van der Waals surface area contributed by atoms with Crippen LogP contribution >= 0.6 is 0 Å². The van der Waals surface area contributed by atoms with Gasteiger partial charge in [-0.25, -0.2) is 0 Å². The molecular weight excluding hydrogens is 571 g/mol. The molecule has 0 unspecified atom stereocenters. The normalized spacial score (nSPS) is 9.64. The summed E-state index contributed by atoms with van der Waals surface area (Å²) in [5.41, 5.74) is 4.51. The van der Waals surface area contributed by atoms with Crippen LogP contribution in [0.1, 0.15) is 61.8 Å². The molecule has 0 nitrogen and oxygen atoms in total. The molecule has 4 aromatic rings. The van der Waals surface area contributed by atoms with E-state index in [4.69, 9.17) is 12.8 Å². The minimum atomic E-state index is 0. The Labute approximate surface area is 213 Å². The Hall–Kier alpha value is -3.26. The van der Waals surface area contributed by atoms with Crippen molar-refractivity contribution in [1.82, 2.24) is 0 Å². The Kier molecular flexibility index (Phi) is 11.2. The van der Waals surface area contributed by atoms with Crippen molar-refractivity contribution in [3.05, 3.63) is 95.1 Å². The summed E-state index contributed by atoms with van der Waals surface area (Å²) < 4.78 is 0. The van der Waals surface area contributed by atoms with Gasteiger partial charge in [0, 0.05) is 31.4 Å². The molecular formula is C32H29Re-. The summed E-state index contributed by atoms with van der Waals surface area (Å²) in [6.07, 6.45) is 19.0. The van der Waals surface area contributed by atoms with Crippen LogP contribution in [0.5, 0.6) is 0 Å². The maximum Gasteiger partial charge on any atom is 0.0323 e. The van der Waals surface area contributed by atoms with Gasteiger partial charge in [-0.3, -0.25) is 0 Å². The monoisotopic (exact) mass is 600 g/mol. The minimum absolute atomic E-state index is 0. The van der Waals surface area contributed by atoms with Crippen molar-refractivity contribution in [2.45, 2.75) is 39.5 Å². The van der Waals surface area contributed by atoms with E-state index < -0.39 is 0 Å². The molecule has 0 saturated heterocycles. The molecule has 0 spiro atoms. The van der Waals surface area contributed by atoms with E-state index >= 15 is 0 Å². The second kappa shape index (κ2) is 13.3. The van der Waals surface area contributed by atoms with E-state index in [0.717, 1.165) is 11.1 Å². The maximum absolute atomic E-state index is 5.53. The van der Waals surface area contributed by atoms with Crippen LogP contribution in [-0.2, 0) is 20.4 Å². The Balaban J connectivity index is 0.000000299. The van der Waals surface area contributed by atoms with Crippen molar-refractivity contribution in [3.63, 3.8) is 0 Å². The minimum Gasteiger partial charge on any atom is -0.194 e. The standard InChI is InChI=1S/C15H14.C15H13.C2H2.Re/c2*1-4-12-7-5-8-13-9-6-10-14(11(2)3)15(12)13;1-2;/h1,5-11H,2-3H3;1,5-6,8-11H,2-3H3;1-2H;/q;-1;;. The fraction of sp³-hybridized carbons (Fsp3) is 0.188. The zero-order valence-electron chi connectivity index (χ0n) is 19.7. The Bertz CT molecular complexity index is 1200. The summed E-state index contributed by atoms with van der Waals surface area (Å²) in [5, 5.41) is 4.85. The van der Waals surface area contributed by atoms with Gasteiger partial charge in [-0.1, -0.05) is 93.1 Å². The van der Waals surface area contributed by atoms with Gasteiger partial charge in [0.15, 0.2) is 0 Å². The molecule has 4 aromatic carbocycles. The summed E-state index contributed by atoms with van der Waals surface area (Å²) >= 11 is 0. The molecule has 0 atom stereocenters. The van der Waals surface area contributed by atoms with E-state index in [1.165, 1.54) is 32.7 Å². The summed E-state index contributed by atoms with van der Waals surface area (Å²) in [7, 11) is 0. The van der Waals surface area contributed by atoms with E-state index in [9.17, 15) is 0 Å². The van der Waals surface area contributed by atoms with E-state index in [-0.39, 0.29) is 20.4 Å². The molecule has 1 radical (unpaired) electrons. The maximum atomic E-state index is 5.53. The molecule has 0 N–H and O–H groups in total. The third-order valence-electron chi connectivity index (χ3n) is 5.35. The molecule has 0 bridgehead atoms. The summed E-state index contributed by atoms with van der Waals surface area (Å²) in [4.78, 5) is 0. The Morgan fingerprint density at radius 1 is 0.667 bits per heavy atom. The summed E-state index contributed by atoms with van der Waals surface area (Å²) in [6.45, 7) is 8.76. The molecule has 0 amide bonds. The van der Waals surface area contributed by atoms with Crippen molar-refractivity contribution < 1.29 is 20.4 Å². The van der Waals surface area contributed by atoms with Gasteiger partial charge in [-0.2, -0.15) is 12.3 Å². The van der Waals surface area contributed by atoms with Crippen molar-refractivity contribution in [2.24, 2.45) is 0 Å². The first-order valence-electron chi connectivity index (χ1n) is 10.7. The van der Waals surface area contributed by atoms with Crippen molar-refractivity contribution in [1.29, 1.82) is 0 Å². The van der Waals surface area contributed by atoms with E-state index in [0.29, 0.717) is 11.8 Å². The van der Waals surface area contributed by atoms with Crippen LogP contribution in [0.25, 0.3) is 21.5 Å². The van der Waals surface area contributed by atoms with Crippen LogP contribution in [0.4, 0.5) is 0 Å². The average molecular weight is 600 g/mol. The van der Waals surface area contributed by atoms with E-state index in [1.807, 2.05) is 18.2 Å². The SMILES string of the molecule is C#C.C#Cc1[c-]ccc2cccc(C(C)C)c12.C#Cc1cccc2cccc(C(C)C)c12.[Re]. The van der Waals surface area contributed by atoms with Crippen molar-refractivity contribution in [2.75, 3.05) is 0 Å². The summed E-state index contributed by atoms with van der Waals surface area (Å²) in [6, 6.07) is 25.9. The number of rotatable bonds is 2. The zero-order valence-corrected chi connectivity index (χ0v) is 22.4. The Morgan fingerprint density at radius 2 is 1.15 bits per heavy atom. The quantitative estimate of drug-likeness (QED) is 0.162. The molecule has 4 rings (SSSR count). The second-order valence-electron chi connectivity index (χ2n) is 8.01. The first-order valence-corrected chi connectivity index (χ1v) is 10.7. The molecule has 0 fully saturated rings. The van der Waals surface area contributed by atoms with Crippen molar-refractivity contribution >= 4 is 21.5 Å². The van der Waals surface area contributed by atoms with E-state index in [1.54, 1.807) is 0 Å². The van der Waals surface area contributed by atoms with Gasteiger partial charge >= 0.3 is 0 Å². The molecule has 1 heteroatoms. The molecule has 33 heavy (non-hydrogen) atoms. The zero-order chi connectivity index (χ0) is 23.7. The molecule has 0 saturated carbocycles.